The van der Waals surface area contributed by atoms with Crippen LogP contribution in [-0.4, -0.2) is 41.8 Å². The number of nitrogens with one attached hydrogen (secondary N) is 1. The largest absolute Gasteiger partial charge is 0.366 e. The fraction of sp³-hybridized carbons (Fsp3) is 0.444. The Labute approximate surface area is 196 Å². The molecule has 0 radical (unpaired) electrons. The van der Waals surface area contributed by atoms with Gasteiger partial charge < -0.3 is 16.0 Å². The molecule has 2 aromatic carbocycles. The molecule has 0 aromatic heterocycles. The van der Waals surface area contributed by atoms with E-state index < -0.39 is 11.9 Å². The zero-order valence-electron chi connectivity index (χ0n) is 20.2. The maximum absolute atomic E-state index is 13.5. The van der Waals surface area contributed by atoms with Gasteiger partial charge in [0.1, 0.15) is 6.04 Å². The standard InChI is InChI=1S/C27H35N3O3/c1-17(2)23(29-25(32)21-8-6-7-20(15-21)24(28)31)26(33)30-14-13-22(27(4,5)16-30)19-11-9-18(3)10-12-19/h6-12,15,17,22-23H,13-14,16H2,1-5H3,(H2,28,31)(H,29,32). The molecule has 0 aliphatic carbocycles. The van der Waals surface area contributed by atoms with Gasteiger partial charge in [-0.05, 0) is 54.4 Å². The normalized spacial score (nSPS) is 18.6. The second-order valence-electron chi connectivity index (χ2n) is 10.1. The highest BCUT2D eigenvalue weighted by Gasteiger charge is 2.40. The number of hydrogen-bond acceptors (Lipinski definition) is 3. The Bertz CT molecular complexity index is 1030. The summed E-state index contributed by atoms with van der Waals surface area (Å²) in [6.45, 7) is 11.6. The Morgan fingerprint density at radius 3 is 2.27 bits per heavy atom. The molecule has 1 heterocycles. The second kappa shape index (κ2) is 9.77. The van der Waals surface area contributed by atoms with Gasteiger partial charge in [0.15, 0.2) is 0 Å². The topological polar surface area (TPSA) is 92.5 Å². The number of likely N-dealkylation sites (tertiary alicyclic amines) is 1. The molecule has 2 unspecified atom stereocenters. The van der Waals surface area contributed by atoms with Crippen LogP contribution in [0.3, 0.4) is 0 Å². The number of rotatable bonds is 6. The van der Waals surface area contributed by atoms with Crippen LogP contribution in [0.2, 0.25) is 0 Å². The summed E-state index contributed by atoms with van der Waals surface area (Å²) in [6, 6.07) is 14.2. The van der Waals surface area contributed by atoms with Gasteiger partial charge in [0, 0.05) is 24.2 Å². The minimum absolute atomic E-state index is 0.0696. The third-order valence-electron chi connectivity index (χ3n) is 6.65. The molecule has 6 nitrogen and oxygen atoms in total. The van der Waals surface area contributed by atoms with Gasteiger partial charge >= 0.3 is 0 Å². The molecule has 33 heavy (non-hydrogen) atoms. The predicted molar refractivity (Wildman–Crippen MR) is 130 cm³/mol. The Kier molecular flexibility index (Phi) is 7.25. The molecule has 6 heteroatoms. The quantitative estimate of drug-likeness (QED) is 0.701. The van der Waals surface area contributed by atoms with E-state index >= 15 is 0 Å². The van der Waals surface area contributed by atoms with Gasteiger partial charge in [-0.3, -0.25) is 14.4 Å². The van der Waals surface area contributed by atoms with Crippen LogP contribution in [0.4, 0.5) is 0 Å². The zero-order valence-corrected chi connectivity index (χ0v) is 20.2. The zero-order chi connectivity index (χ0) is 24.3. The van der Waals surface area contributed by atoms with Crippen molar-refractivity contribution in [1.29, 1.82) is 0 Å². The molecule has 0 saturated carbocycles. The number of aryl methyl sites for hydroxylation is 1. The first-order valence-corrected chi connectivity index (χ1v) is 11.6. The number of piperidine rings is 1. The highest BCUT2D eigenvalue weighted by molar-refractivity contribution is 6.00. The number of nitrogens with zero attached hydrogens (tertiary/aromatic N) is 1. The molecule has 2 atom stereocenters. The van der Waals surface area contributed by atoms with Crippen molar-refractivity contribution in [2.24, 2.45) is 17.1 Å². The van der Waals surface area contributed by atoms with Crippen LogP contribution in [0.5, 0.6) is 0 Å². The maximum atomic E-state index is 13.5. The summed E-state index contributed by atoms with van der Waals surface area (Å²) in [6.07, 6.45) is 0.876. The minimum atomic E-state index is -0.651. The van der Waals surface area contributed by atoms with Crippen LogP contribution in [0.15, 0.2) is 48.5 Å². The van der Waals surface area contributed by atoms with E-state index in [2.05, 4.69) is 50.4 Å². The number of carbonyl (C=O) groups excluding carboxylic acids is 3. The Hall–Kier alpha value is -3.15. The van der Waals surface area contributed by atoms with Crippen LogP contribution >= 0.6 is 0 Å². The predicted octanol–water partition coefficient (Wildman–Crippen LogP) is 3.89. The van der Waals surface area contributed by atoms with Gasteiger partial charge in [-0.25, -0.2) is 0 Å². The summed E-state index contributed by atoms with van der Waals surface area (Å²) >= 11 is 0. The van der Waals surface area contributed by atoms with Crippen LogP contribution in [0.1, 0.15) is 71.9 Å². The molecule has 1 saturated heterocycles. The van der Waals surface area contributed by atoms with Gasteiger partial charge in [-0.15, -0.1) is 0 Å². The number of carbonyl (C=O) groups is 3. The van der Waals surface area contributed by atoms with E-state index in [-0.39, 0.29) is 28.7 Å². The van der Waals surface area contributed by atoms with Crippen molar-refractivity contribution in [3.05, 3.63) is 70.8 Å². The molecule has 0 spiro atoms. The Morgan fingerprint density at radius 1 is 1.06 bits per heavy atom. The second-order valence-corrected chi connectivity index (χ2v) is 10.1. The van der Waals surface area contributed by atoms with E-state index in [9.17, 15) is 14.4 Å². The molecule has 3 amide bonds. The molecule has 1 aliphatic rings. The van der Waals surface area contributed by atoms with Gasteiger partial charge in [-0.1, -0.05) is 63.6 Å². The maximum Gasteiger partial charge on any atom is 0.251 e. The molecule has 1 aliphatic heterocycles. The molecular formula is C27H35N3O3. The van der Waals surface area contributed by atoms with E-state index in [1.54, 1.807) is 18.2 Å². The minimum Gasteiger partial charge on any atom is -0.366 e. The lowest BCUT2D eigenvalue weighted by molar-refractivity contribution is -0.137. The van der Waals surface area contributed by atoms with Gasteiger partial charge in [-0.2, -0.15) is 0 Å². The average molecular weight is 450 g/mol. The van der Waals surface area contributed by atoms with E-state index in [0.29, 0.717) is 24.6 Å². The van der Waals surface area contributed by atoms with Crippen LogP contribution < -0.4 is 11.1 Å². The summed E-state index contributed by atoms with van der Waals surface area (Å²) in [5.74, 6) is -0.775. The van der Waals surface area contributed by atoms with E-state index in [4.69, 9.17) is 5.73 Å². The molecule has 0 bridgehead atoms. The van der Waals surface area contributed by atoms with Crippen LogP contribution in [0, 0.1) is 18.3 Å². The van der Waals surface area contributed by atoms with Gasteiger partial charge in [0.2, 0.25) is 11.8 Å². The fourth-order valence-electron chi connectivity index (χ4n) is 4.71. The molecule has 1 fully saturated rings. The molecule has 2 aromatic rings. The smallest absolute Gasteiger partial charge is 0.251 e. The fourth-order valence-corrected chi connectivity index (χ4v) is 4.71. The SMILES string of the molecule is Cc1ccc(C2CCN(C(=O)C(NC(=O)c3cccc(C(N)=O)c3)C(C)C)CC2(C)C)cc1. The van der Waals surface area contributed by atoms with Crippen molar-refractivity contribution in [3.63, 3.8) is 0 Å². The summed E-state index contributed by atoms with van der Waals surface area (Å²) < 4.78 is 0. The summed E-state index contributed by atoms with van der Waals surface area (Å²) in [7, 11) is 0. The summed E-state index contributed by atoms with van der Waals surface area (Å²) in [5.41, 5.74) is 8.35. The lowest BCUT2D eigenvalue weighted by atomic mass is 9.70. The number of nitrogens with two attached hydrogens (primary N) is 1. The highest BCUT2D eigenvalue weighted by atomic mass is 16.2. The van der Waals surface area contributed by atoms with Crippen molar-refractivity contribution < 1.29 is 14.4 Å². The van der Waals surface area contributed by atoms with Crippen molar-refractivity contribution in [2.75, 3.05) is 13.1 Å². The third kappa shape index (κ3) is 5.62. The average Bonchev–Trinajstić information content (AvgIpc) is 2.76. The van der Waals surface area contributed by atoms with Crippen molar-refractivity contribution in [2.45, 2.75) is 53.0 Å². The first-order valence-electron chi connectivity index (χ1n) is 11.6. The van der Waals surface area contributed by atoms with Crippen LogP contribution in [0.25, 0.3) is 0 Å². The van der Waals surface area contributed by atoms with Crippen molar-refractivity contribution in [1.82, 2.24) is 10.2 Å². The number of hydrogen-bond donors (Lipinski definition) is 2. The summed E-state index contributed by atoms with van der Waals surface area (Å²) in [5, 5.41) is 2.89. The third-order valence-corrected chi connectivity index (χ3v) is 6.65. The van der Waals surface area contributed by atoms with Crippen molar-refractivity contribution in [3.8, 4) is 0 Å². The Morgan fingerprint density at radius 2 is 1.70 bits per heavy atom. The number of amides is 3. The van der Waals surface area contributed by atoms with Crippen molar-refractivity contribution >= 4 is 17.7 Å². The molecule has 176 valence electrons. The van der Waals surface area contributed by atoms with Gasteiger partial charge in [0.25, 0.3) is 5.91 Å². The van der Waals surface area contributed by atoms with E-state index in [1.165, 1.54) is 17.2 Å². The first kappa shape index (κ1) is 24.5. The van der Waals surface area contributed by atoms with E-state index in [0.717, 1.165) is 6.42 Å². The molecular weight excluding hydrogens is 414 g/mol. The summed E-state index contributed by atoms with van der Waals surface area (Å²) in [4.78, 5) is 39.7. The highest BCUT2D eigenvalue weighted by Crippen LogP contribution is 2.42. The molecule has 3 rings (SSSR count). The first-order chi connectivity index (χ1) is 15.5. The van der Waals surface area contributed by atoms with Gasteiger partial charge in [0.05, 0.1) is 0 Å². The Balaban J connectivity index is 1.73. The lowest BCUT2D eigenvalue weighted by Crippen LogP contribution is -2.55. The number of benzene rings is 2. The lowest BCUT2D eigenvalue weighted by Gasteiger charge is -2.45. The monoisotopic (exact) mass is 449 g/mol. The molecule has 3 N–H and O–H groups in total. The van der Waals surface area contributed by atoms with E-state index in [1.807, 2.05) is 18.7 Å². The number of primary amides is 1. The van der Waals surface area contributed by atoms with Crippen LogP contribution in [-0.2, 0) is 4.79 Å².